The second-order valence-corrected chi connectivity index (χ2v) is 7.56. The highest BCUT2D eigenvalue weighted by Crippen LogP contribution is 2.31. The summed E-state index contributed by atoms with van der Waals surface area (Å²) in [7, 11) is 0.128. The molecule has 1 unspecified atom stereocenters. The minimum atomic E-state index is -1.43. The number of hydrogen-bond donors (Lipinski definition) is 0. The van der Waals surface area contributed by atoms with Crippen molar-refractivity contribution in [3.8, 4) is 5.75 Å². The van der Waals surface area contributed by atoms with Gasteiger partial charge >= 0.3 is 0 Å². The molecule has 0 fully saturated rings. The molecule has 2 rings (SSSR count). The highest BCUT2D eigenvalue weighted by Gasteiger charge is 2.17. The summed E-state index contributed by atoms with van der Waals surface area (Å²) in [6.45, 7) is 0. The van der Waals surface area contributed by atoms with Gasteiger partial charge in [0.2, 0.25) is 0 Å². The van der Waals surface area contributed by atoms with Crippen LogP contribution in [0.1, 0.15) is 10.4 Å². The summed E-state index contributed by atoms with van der Waals surface area (Å²) in [6.07, 6.45) is 0. The molecule has 2 aromatic rings. The lowest BCUT2D eigenvalue weighted by Crippen LogP contribution is -2.10. The van der Waals surface area contributed by atoms with Crippen molar-refractivity contribution in [3.63, 3.8) is 0 Å². The summed E-state index contributed by atoms with van der Waals surface area (Å²) in [4.78, 5) is 12.6. The maximum absolute atomic E-state index is 12.1. The van der Waals surface area contributed by atoms with Crippen molar-refractivity contribution in [1.29, 1.82) is 0 Å². The number of methoxy groups -OCH3 is 1. The Bertz CT molecular complexity index is 650. The average Bonchev–Trinajstić information content (AvgIpc) is 2.78. The summed E-state index contributed by atoms with van der Waals surface area (Å²) in [6, 6.07) is 8.25. The maximum atomic E-state index is 12.1. The molecule has 106 valence electrons. The lowest BCUT2D eigenvalue weighted by molar-refractivity contribution is 0.102. The molecule has 0 saturated heterocycles. The number of hydrogen-bond acceptors (Lipinski definition) is 4. The molecule has 0 amide bonds. The van der Waals surface area contributed by atoms with Crippen molar-refractivity contribution >= 4 is 51.1 Å². The van der Waals surface area contributed by atoms with Crippen molar-refractivity contribution < 1.29 is 13.7 Å². The largest absolute Gasteiger partial charge is 0.497 e. The van der Waals surface area contributed by atoms with E-state index in [1.807, 2.05) is 0 Å². The summed E-state index contributed by atoms with van der Waals surface area (Å²) < 4.78 is 17.9. The monoisotopic (exact) mass is 348 g/mol. The summed E-state index contributed by atoms with van der Waals surface area (Å²) >= 11 is 12.8. The first-order valence-electron chi connectivity index (χ1n) is 5.51. The van der Waals surface area contributed by atoms with Crippen LogP contribution in [0.3, 0.4) is 0 Å². The Morgan fingerprint density at radius 2 is 1.95 bits per heavy atom. The Labute approximate surface area is 132 Å². The van der Waals surface area contributed by atoms with E-state index in [1.165, 1.54) is 6.07 Å². The number of carbonyl (C=O) groups is 1. The highest BCUT2D eigenvalue weighted by molar-refractivity contribution is 7.85. The van der Waals surface area contributed by atoms with Crippen LogP contribution in [0.5, 0.6) is 5.75 Å². The fraction of sp³-hybridized carbons (Fsp3) is 0.154. The van der Waals surface area contributed by atoms with E-state index >= 15 is 0 Å². The van der Waals surface area contributed by atoms with Crippen molar-refractivity contribution in [1.82, 2.24) is 0 Å². The zero-order chi connectivity index (χ0) is 14.7. The topological polar surface area (TPSA) is 43.4 Å². The van der Waals surface area contributed by atoms with Crippen LogP contribution in [0, 0.1) is 0 Å². The fourth-order valence-electron chi connectivity index (χ4n) is 1.54. The quantitative estimate of drug-likeness (QED) is 0.765. The Morgan fingerprint density at radius 1 is 1.30 bits per heavy atom. The van der Waals surface area contributed by atoms with Gasteiger partial charge in [-0.25, -0.2) is 0 Å². The van der Waals surface area contributed by atoms with Crippen LogP contribution < -0.4 is 4.74 Å². The van der Waals surface area contributed by atoms with Gasteiger partial charge in [0, 0.05) is 10.5 Å². The molecule has 1 aromatic carbocycles. The molecule has 1 atom stereocenters. The van der Waals surface area contributed by atoms with Gasteiger partial charge in [-0.05, 0) is 30.3 Å². The van der Waals surface area contributed by atoms with Crippen molar-refractivity contribution in [2.24, 2.45) is 0 Å². The zero-order valence-electron chi connectivity index (χ0n) is 10.4. The molecule has 1 aromatic heterocycles. The molecule has 0 aliphatic carbocycles. The van der Waals surface area contributed by atoms with E-state index < -0.39 is 10.8 Å². The van der Waals surface area contributed by atoms with Crippen LogP contribution in [0.15, 0.2) is 35.2 Å². The van der Waals surface area contributed by atoms with Crippen LogP contribution in [0.4, 0.5) is 0 Å². The summed E-state index contributed by atoms with van der Waals surface area (Å²) in [5, 5.41) is 0. The van der Waals surface area contributed by atoms with E-state index in [9.17, 15) is 9.00 Å². The molecule has 0 spiro atoms. The molecule has 0 bridgehead atoms. The molecular weight excluding hydrogens is 339 g/mol. The smallest absolute Gasteiger partial charge is 0.178 e. The number of ketones is 1. The van der Waals surface area contributed by atoms with Crippen LogP contribution in [-0.2, 0) is 10.8 Å². The Hall–Kier alpha value is -0.880. The highest BCUT2D eigenvalue weighted by atomic mass is 35.5. The zero-order valence-corrected chi connectivity index (χ0v) is 13.5. The molecule has 3 nitrogen and oxygen atoms in total. The Balaban J connectivity index is 2.10. The minimum absolute atomic E-state index is 0.126. The van der Waals surface area contributed by atoms with E-state index in [0.717, 1.165) is 11.3 Å². The van der Waals surface area contributed by atoms with Gasteiger partial charge < -0.3 is 4.74 Å². The van der Waals surface area contributed by atoms with E-state index in [4.69, 9.17) is 27.9 Å². The number of Topliss-reactive ketones (excluding diaryl/α,β-unsaturated/α-hetero) is 1. The summed E-state index contributed by atoms with van der Waals surface area (Å²) in [5.74, 6) is 0.260. The Morgan fingerprint density at radius 3 is 2.45 bits per heavy atom. The normalized spacial score (nSPS) is 12.2. The second kappa shape index (κ2) is 6.72. The number of benzene rings is 1. The van der Waals surface area contributed by atoms with Gasteiger partial charge in [0.1, 0.15) is 10.1 Å². The van der Waals surface area contributed by atoms with Gasteiger partial charge in [0.15, 0.2) is 5.78 Å². The lowest BCUT2D eigenvalue weighted by Gasteiger charge is -2.03. The van der Waals surface area contributed by atoms with E-state index in [1.54, 1.807) is 31.4 Å². The molecule has 0 N–H and O–H groups in total. The molecule has 0 aliphatic rings. The van der Waals surface area contributed by atoms with Crippen LogP contribution in [-0.4, -0.2) is 22.9 Å². The van der Waals surface area contributed by atoms with Crippen molar-refractivity contribution in [3.05, 3.63) is 44.6 Å². The number of ether oxygens (including phenoxy) is 1. The standard InChI is InChI=1S/C13H10Cl2O3S2/c1-18-8-2-4-9(5-3-8)20(17)7-11(16)10-6-12(14)19-13(10)15/h2-6H,7H2,1H3. The number of rotatable bonds is 5. The molecular formula is C13H10Cl2O3S2. The molecule has 0 saturated carbocycles. The minimum Gasteiger partial charge on any atom is -0.497 e. The first-order valence-corrected chi connectivity index (χ1v) is 8.41. The van der Waals surface area contributed by atoms with Gasteiger partial charge in [0.05, 0.1) is 28.0 Å². The fourth-order valence-corrected chi connectivity index (χ4v) is 4.04. The van der Waals surface area contributed by atoms with E-state index in [0.29, 0.717) is 24.9 Å². The average molecular weight is 349 g/mol. The van der Waals surface area contributed by atoms with Gasteiger partial charge in [-0.3, -0.25) is 9.00 Å². The van der Waals surface area contributed by atoms with E-state index in [-0.39, 0.29) is 11.5 Å². The lowest BCUT2D eigenvalue weighted by atomic mass is 10.2. The third-order valence-corrected chi connectivity index (χ3v) is 5.35. The number of thiophene rings is 1. The van der Waals surface area contributed by atoms with Crippen molar-refractivity contribution in [2.75, 3.05) is 12.9 Å². The predicted molar refractivity (Wildman–Crippen MR) is 82.9 cm³/mol. The first kappa shape index (κ1) is 15.5. The van der Waals surface area contributed by atoms with Crippen LogP contribution in [0.2, 0.25) is 8.67 Å². The van der Waals surface area contributed by atoms with Gasteiger partial charge in [-0.1, -0.05) is 23.2 Å². The molecule has 20 heavy (non-hydrogen) atoms. The SMILES string of the molecule is COc1ccc(S(=O)CC(=O)c2cc(Cl)sc2Cl)cc1. The number of halogens is 2. The predicted octanol–water partition coefficient (Wildman–Crippen LogP) is 4.05. The molecule has 0 radical (unpaired) electrons. The van der Waals surface area contributed by atoms with Crippen LogP contribution >= 0.6 is 34.5 Å². The van der Waals surface area contributed by atoms with Gasteiger partial charge in [0.25, 0.3) is 0 Å². The molecule has 0 aliphatic heterocycles. The molecule has 1 heterocycles. The van der Waals surface area contributed by atoms with Gasteiger partial charge in [-0.2, -0.15) is 0 Å². The molecule has 7 heteroatoms. The third kappa shape index (κ3) is 3.61. The maximum Gasteiger partial charge on any atom is 0.178 e. The first-order chi connectivity index (χ1) is 9.51. The van der Waals surface area contributed by atoms with Crippen molar-refractivity contribution in [2.45, 2.75) is 4.90 Å². The van der Waals surface area contributed by atoms with Gasteiger partial charge in [-0.15, -0.1) is 11.3 Å². The van der Waals surface area contributed by atoms with Crippen LogP contribution in [0.25, 0.3) is 0 Å². The second-order valence-electron chi connectivity index (χ2n) is 3.83. The third-order valence-electron chi connectivity index (χ3n) is 2.54. The summed E-state index contributed by atoms with van der Waals surface area (Å²) in [5.41, 5.74) is 0.323. The number of carbonyl (C=O) groups excluding carboxylic acids is 1. The Kier molecular flexibility index (Phi) is 5.21. The van der Waals surface area contributed by atoms with E-state index in [2.05, 4.69) is 0 Å².